The summed E-state index contributed by atoms with van der Waals surface area (Å²) >= 11 is 5.89. The molecule has 1 aromatic rings. The van der Waals surface area contributed by atoms with Crippen molar-refractivity contribution in [2.45, 2.75) is 51.0 Å². The number of carbonyl (C=O) groups is 1. The van der Waals surface area contributed by atoms with Crippen molar-refractivity contribution in [3.8, 4) is 0 Å². The summed E-state index contributed by atoms with van der Waals surface area (Å²) in [4.78, 5) is 12.5. The lowest BCUT2D eigenvalue weighted by molar-refractivity contribution is -0.126. The summed E-state index contributed by atoms with van der Waals surface area (Å²) in [6.07, 6.45) is 3.78. The molecule has 4 heteroatoms. The van der Waals surface area contributed by atoms with Crippen molar-refractivity contribution in [2.24, 2.45) is 5.92 Å². The number of hydrogen-bond donors (Lipinski definition) is 2. The van der Waals surface area contributed by atoms with Crippen molar-refractivity contribution < 1.29 is 9.90 Å². The van der Waals surface area contributed by atoms with E-state index in [0.29, 0.717) is 11.6 Å². The number of hydrogen-bond acceptors (Lipinski definition) is 2. The zero-order valence-electron chi connectivity index (χ0n) is 12.7. The zero-order valence-corrected chi connectivity index (χ0v) is 13.5. The Labute approximate surface area is 131 Å². The highest BCUT2D eigenvalue weighted by atomic mass is 35.5. The second-order valence-corrected chi connectivity index (χ2v) is 6.89. The van der Waals surface area contributed by atoms with Gasteiger partial charge in [0.1, 0.15) is 0 Å². The van der Waals surface area contributed by atoms with E-state index in [-0.39, 0.29) is 17.9 Å². The maximum atomic E-state index is 12.5. The quantitative estimate of drug-likeness (QED) is 0.896. The maximum absolute atomic E-state index is 12.5. The Morgan fingerprint density at radius 3 is 2.52 bits per heavy atom. The van der Waals surface area contributed by atoms with Gasteiger partial charge in [-0.3, -0.25) is 4.79 Å². The molecule has 1 aromatic carbocycles. The first-order valence-corrected chi connectivity index (χ1v) is 8.01. The van der Waals surface area contributed by atoms with E-state index in [1.807, 2.05) is 26.0 Å². The molecule has 0 aromatic heterocycles. The van der Waals surface area contributed by atoms with Crippen LogP contribution in [-0.4, -0.2) is 23.7 Å². The minimum atomic E-state index is -0.607. The first-order valence-electron chi connectivity index (χ1n) is 7.63. The second-order valence-electron chi connectivity index (χ2n) is 6.45. The molecule has 0 unspecified atom stereocenters. The fourth-order valence-corrected chi connectivity index (χ4v) is 2.99. The number of nitrogens with one attached hydrogen (secondary N) is 1. The Morgan fingerprint density at radius 2 is 1.90 bits per heavy atom. The van der Waals surface area contributed by atoms with Crippen LogP contribution >= 0.6 is 11.6 Å². The highest BCUT2D eigenvalue weighted by Gasteiger charge is 2.31. The van der Waals surface area contributed by atoms with Gasteiger partial charge >= 0.3 is 0 Å². The molecular formula is C17H24ClNO2. The number of benzene rings is 1. The molecule has 2 atom stereocenters. The number of aliphatic hydroxyl groups is 1. The molecule has 21 heavy (non-hydrogen) atoms. The van der Waals surface area contributed by atoms with Crippen LogP contribution in [0.15, 0.2) is 24.3 Å². The van der Waals surface area contributed by atoms with Crippen LogP contribution in [0, 0.1) is 5.92 Å². The van der Waals surface area contributed by atoms with E-state index in [1.165, 1.54) is 0 Å². The van der Waals surface area contributed by atoms with Gasteiger partial charge in [-0.25, -0.2) is 0 Å². The molecule has 0 spiro atoms. The van der Waals surface area contributed by atoms with Crippen LogP contribution < -0.4 is 5.32 Å². The van der Waals surface area contributed by atoms with Gasteiger partial charge in [0.15, 0.2) is 0 Å². The molecule has 0 bridgehead atoms. The SMILES string of the molecule is CC(C)(C(=O)NC[C@H]1CCCC[C@@H]1O)c1ccc(Cl)cc1. The summed E-state index contributed by atoms with van der Waals surface area (Å²) in [5.41, 5.74) is 0.332. The molecular weight excluding hydrogens is 286 g/mol. The Balaban J connectivity index is 1.96. The fourth-order valence-electron chi connectivity index (χ4n) is 2.87. The van der Waals surface area contributed by atoms with E-state index >= 15 is 0 Å². The van der Waals surface area contributed by atoms with Crippen LogP contribution in [0.3, 0.4) is 0 Å². The average Bonchev–Trinajstić information content (AvgIpc) is 2.46. The highest BCUT2D eigenvalue weighted by molar-refractivity contribution is 6.30. The van der Waals surface area contributed by atoms with Crippen molar-refractivity contribution in [1.82, 2.24) is 5.32 Å². The molecule has 1 aliphatic carbocycles. The Bertz CT molecular complexity index is 484. The topological polar surface area (TPSA) is 49.3 Å². The van der Waals surface area contributed by atoms with Crippen LogP contribution in [0.2, 0.25) is 5.02 Å². The molecule has 0 heterocycles. The van der Waals surface area contributed by atoms with Gasteiger partial charge in [0.2, 0.25) is 5.91 Å². The normalized spacial score (nSPS) is 22.9. The van der Waals surface area contributed by atoms with Gasteiger partial charge in [-0.15, -0.1) is 0 Å². The fraction of sp³-hybridized carbons (Fsp3) is 0.588. The summed E-state index contributed by atoms with van der Waals surface area (Å²) in [6, 6.07) is 7.38. The molecule has 1 amide bonds. The predicted octanol–water partition coefficient (Wildman–Crippen LogP) is 3.28. The third-order valence-corrected chi connectivity index (χ3v) is 4.78. The van der Waals surface area contributed by atoms with Gasteiger partial charge < -0.3 is 10.4 Å². The van der Waals surface area contributed by atoms with Crippen molar-refractivity contribution in [3.63, 3.8) is 0 Å². The van der Waals surface area contributed by atoms with Gasteiger partial charge in [0.25, 0.3) is 0 Å². The minimum Gasteiger partial charge on any atom is -0.393 e. The number of halogens is 1. The molecule has 2 rings (SSSR count). The van der Waals surface area contributed by atoms with E-state index in [4.69, 9.17) is 11.6 Å². The molecule has 2 N–H and O–H groups in total. The average molecular weight is 310 g/mol. The van der Waals surface area contributed by atoms with E-state index in [0.717, 1.165) is 31.2 Å². The maximum Gasteiger partial charge on any atom is 0.230 e. The first-order chi connectivity index (χ1) is 9.91. The first kappa shape index (κ1) is 16.3. The Morgan fingerprint density at radius 1 is 1.29 bits per heavy atom. The second kappa shape index (κ2) is 6.80. The highest BCUT2D eigenvalue weighted by Crippen LogP contribution is 2.26. The third kappa shape index (κ3) is 3.98. The molecule has 1 aliphatic rings. The summed E-state index contributed by atoms with van der Waals surface area (Å²) in [7, 11) is 0. The predicted molar refractivity (Wildman–Crippen MR) is 85.5 cm³/mol. The van der Waals surface area contributed by atoms with Crippen molar-refractivity contribution >= 4 is 17.5 Å². The Kier molecular flexibility index (Phi) is 5.28. The van der Waals surface area contributed by atoms with Crippen LogP contribution in [0.4, 0.5) is 0 Å². The van der Waals surface area contributed by atoms with E-state index in [1.54, 1.807) is 12.1 Å². The van der Waals surface area contributed by atoms with E-state index in [9.17, 15) is 9.90 Å². The lowest BCUT2D eigenvalue weighted by atomic mass is 9.82. The minimum absolute atomic E-state index is 0.0115. The van der Waals surface area contributed by atoms with Gasteiger partial charge in [0.05, 0.1) is 11.5 Å². The number of rotatable bonds is 4. The molecule has 3 nitrogen and oxygen atoms in total. The largest absolute Gasteiger partial charge is 0.393 e. The summed E-state index contributed by atoms with van der Waals surface area (Å²) in [5, 5.41) is 13.6. The zero-order chi connectivity index (χ0) is 15.5. The van der Waals surface area contributed by atoms with Crippen molar-refractivity contribution in [2.75, 3.05) is 6.54 Å². The summed E-state index contributed by atoms with van der Waals surface area (Å²) < 4.78 is 0. The van der Waals surface area contributed by atoms with E-state index < -0.39 is 5.41 Å². The van der Waals surface area contributed by atoms with Crippen molar-refractivity contribution in [3.05, 3.63) is 34.9 Å². The van der Waals surface area contributed by atoms with Crippen LogP contribution in [0.1, 0.15) is 45.1 Å². The van der Waals surface area contributed by atoms with Crippen LogP contribution in [0.25, 0.3) is 0 Å². The number of aliphatic hydroxyl groups excluding tert-OH is 1. The van der Waals surface area contributed by atoms with Crippen LogP contribution in [-0.2, 0) is 10.2 Å². The molecule has 1 fully saturated rings. The summed E-state index contributed by atoms with van der Waals surface area (Å²) in [5.74, 6) is 0.173. The van der Waals surface area contributed by atoms with Crippen molar-refractivity contribution in [1.29, 1.82) is 0 Å². The molecule has 116 valence electrons. The lowest BCUT2D eigenvalue weighted by Crippen LogP contribution is -2.44. The smallest absolute Gasteiger partial charge is 0.230 e. The Hall–Kier alpha value is -1.06. The van der Waals surface area contributed by atoms with Gasteiger partial charge in [-0.05, 0) is 44.4 Å². The van der Waals surface area contributed by atoms with Gasteiger partial charge in [-0.2, -0.15) is 0 Å². The van der Waals surface area contributed by atoms with E-state index in [2.05, 4.69) is 5.32 Å². The molecule has 0 saturated heterocycles. The molecule has 0 radical (unpaired) electrons. The van der Waals surface area contributed by atoms with Gasteiger partial charge in [0, 0.05) is 17.5 Å². The summed E-state index contributed by atoms with van der Waals surface area (Å²) in [6.45, 7) is 4.36. The molecule has 0 aliphatic heterocycles. The standard InChI is InChI=1S/C17H24ClNO2/c1-17(2,13-7-9-14(18)10-8-13)16(21)19-11-12-5-3-4-6-15(12)20/h7-10,12,15,20H,3-6,11H2,1-2H3,(H,19,21)/t12-,15+/m1/s1. The number of amides is 1. The van der Waals surface area contributed by atoms with Gasteiger partial charge in [-0.1, -0.05) is 36.6 Å². The monoisotopic (exact) mass is 309 g/mol. The number of carbonyl (C=O) groups excluding carboxylic acids is 1. The lowest BCUT2D eigenvalue weighted by Gasteiger charge is -2.30. The third-order valence-electron chi connectivity index (χ3n) is 4.53. The van der Waals surface area contributed by atoms with Crippen LogP contribution in [0.5, 0.6) is 0 Å². The molecule has 1 saturated carbocycles.